The molecule has 0 aromatic rings. The van der Waals surface area contributed by atoms with Gasteiger partial charge in [0.05, 0.1) is 12.0 Å². The summed E-state index contributed by atoms with van der Waals surface area (Å²) in [6.45, 7) is 2.92. The Bertz CT molecular complexity index is 160. The van der Waals surface area contributed by atoms with E-state index in [9.17, 15) is 9.90 Å². The molecule has 0 unspecified atom stereocenters. The van der Waals surface area contributed by atoms with Gasteiger partial charge in [0.15, 0.2) is 0 Å². The van der Waals surface area contributed by atoms with Crippen molar-refractivity contribution >= 4 is 5.97 Å². The number of hydrogen-bond acceptors (Lipinski definition) is 3. The van der Waals surface area contributed by atoms with Gasteiger partial charge in [0, 0.05) is 13.1 Å². The van der Waals surface area contributed by atoms with E-state index < -0.39 is 18.0 Å². The lowest BCUT2D eigenvalue weighted by Gasteiger charge is -2.30. The van der Waals surface area contributed by atoms with Crippen LogP contribution < -0.4 is 5.32 Å². The first-order valence-electron chi connectivity index (χ1n) is 3.74. The number of rotatable bonds is 1. The second-order valence-electron chi connectivity index (χ2n) is 3.07. The minimum absolute atomic E-state index is 0.0323. The molecule has 1 saturated heterocycles. The van der Waals surface area contributed by atoms with Gasteiger partial charge in [-0.1, -0.05) is 6.92 Å². The highest BCUT2D eigenvalue weighted by molar-refractivity contribution is 5.71. The summed E-state index contributed by atoms with van der Waals surface area (Å²) in [5, 5.41) is 21.0. The van der Waals surface area contributed by atoms with Gasteiger partial charge in [0.1, 0.15) is 0 Å². The molecule has 11 heavy (non-hydrogen) atoms. The molecule has 1 aliphatic heterocycles. The number of aliphatic hydroxyl groups is 1. The molecule has 0 aromatic carbocycles. The second-order valence-corrected chi connectivity index (χ2v) is 3.07. The van der Waals surface area contributed by atoms with Crippen molar-refractivity contribution in [2.24, 2.45) is 11.8 Å². The molecule has 3 atom stereocenters. The van der Waals surface area contributed by atoms with Crippen molar-refractivity contribution in [3.63, 3.8) is 0 Å². The molecule has 64 valence electrons. The predicted molar refractivity (Wildman–Crippen MR) is 39.2 cm³/mol. The van der Waals surface area contributed by atoms with Gasteiger partial charge in [0.25, 0.3) is 0 Å². The van der Waals surface area contributed by atoms with E-state index in [2.05, 4.69) is 5.32 Å². The lowest BCUT2D eigenvalue weighted by atomic mass is 9.88. The van der Waals surface area contributed by atoms with E-state index in [1.807, 2.05) is 6.92 Å². The molecule has 1 heterocycles. The Morgan fingerprint density at radius 1 is 1.55 bits per heavy atom. The summed E-state index contributed by atoms with van der Waals surface area (Å²) in [5.74, 6) is -1.53. The molecule has 0 saturated carbocycles. The fraction of sp³-hybridized carbons (Fsp3) is 0.857. The number of hydrogen-bond donors (Lipinski definition) is 3. The SMILES string of the molecule is C[C@H]1CNC[C@H](C(=O)O)[C@@H]1O. The van der Waals surface area contributed by atoms with Gasteiger partial charge in [-0.3, -0.25) is 4.79 Å². The van der Waals surface area contributed by atoms with Crippen LogP contribution in [-0.4, -0.2) is 35.4 Å². The van der Waals surface area contributed by atoms with Crippen molar-refractivity contribution in [2.45, 2.75) is 13.0 Å². The summed E-state index contributed by atoms with van der Waals surface area (Å²) < 4.78 is 0. The van der Waals surface area contributed by atoms with Crippen LogP contribution in [0.4, 0.5) is 0 Å². The molecule has 0 aromatic heterocycles. The summed E-state index contributed by atoms with van der Waals surface area (Å²) >= 11 is 0. The highest BCUT2D eigenvalue weighted by Gasteiger charge is 2.33. The average molecular weight is 159 g/mol. The third-order valence-corrected chi connectivity index (χ3v) is 2.14. The molecule has 0 bridgehead atoms. The van der Waals surface area contributed by atoms with Crippen LogP contribution in [0.15, 0.2) is 0 Å². The molecule has 3 N–H and O–H groups in total. The fourth-order valence-corrected chi connectivity index (χ4v) is 1.34. The monoisotopic (exact) mass is 159 g/mol. The van der Waals surface area contributed by atoms with Crippen LogP contribution in [0.2, 0.25) is 0 Å². The molecular formula is C7H13NO3. The zero-order chi connectivity index (χ0) is 8.43. The van der Waals surface area contributed by atoms with Crippen molar-refractivity contribution in [3.8, 4) is 0 Å². The topological polar surface area (TPSA) is 69.6 Å². The van der Waals surface area contributed by atoms with E-state index in [1.54, 1.807) is 0 Å². The number of carbonyl (C=O) groups is 1. The third kappa shape index (κ3) is 1.70. The van der Waals surface area contributed by atoms with Crippen LogP contribution >= 0.6 is 0 Å². The molecule has 1 aliphatic rings. The quantitative estimate of drug-likeness (QED) is 0.472. The maximum absolute atomic E-state index is 10.5. The van der Waals surface area contributed by atoms with E-state index in [4.69, 9.17) is 5.11 Å². The van der Waals surface area contributed by atoms with Crippen molar-refractivity contribution in [1.29, 1.82) is 0 Å². The average Bonchev–Trinajstić information content (AvgIpc) is 1.94. The molecule has 4 heteroatoms. The van der Waals surface area contributed by atoms with Crippen LogP contribution in [0.5, 0.6) is 0 Å². The molecule has 0 spiro atoms. The smallest absolute Gasteiger partial charge is 0.310 e. The molecule has 4 nitrogen and oxygen atoms in total. The maximum atomic E-state index is 10.5. The van der Waals surface area contributed by atoms with Crippen LogP contribution in [-0.2, 0) is 4.79 Å². The summed E-state index contributed by atoms with van der Waals surface area (Å²) in [7, 11) is 0. The van der Waals surface area contributed by atoms with E-state index >= 15 is 0 Å². The van der Waals surface area contributed by atoms with Gasteiger partial charge in [-0.05, 0) is 5.92 Å². The van der Waals surface area contributed by atoms with E-state index in [1.165, 1.54) is 0 Å². The number of aliphatic carboxylic acids is 1. The van der Waals surface area contributed by atoms with Gasteiger partial charge in [-0.25, -0.2) is 0 Å². The van der Waals surface area contributed by atoms with E-state index in [0.717, 1.165) is 0 Å². The van der Waals surface area contributed by atoms with Gasteiger partial charge in [0.2, 0.25) is 0 Å². The normalized spacial score (nSPS) is 38.5. The Labute approximate surface area is 65.2 Å². The summed E-state index contributed by atoms with van der Waals surface area (Å²) in [6.07, 6.45) is -0.700. The standard InChI is InChI=1S/C7H13NO3/c1-4-2-8-3-5(6(4)9)7(10)11/h4-6,8-9H,2-3H2,1H3,(H,10,11)/t4-,5-,6+/m0/s1. The highest BCUT2D eigenvalue weighted by Crippen LogP contribution is 2.16. The van der Waals surface area contributed by atoms with Gasteiger partial charge in [-0.15, -0.1) is 0 Å². The third-order valence-electron chi connectivity index (χ3n) is 2.14. The summed E-state index contributed by atoms with van der Waals surface area (Å²) in [5.41, 5.74) is 0. The second kappa shape index (κ2) is 3.19. The minimum atomic E-state index is -0.920. The first kappa shape index (κ1) is 8.49. The molecule has 1 rings (SSSR count). The lowest BCUT2D eigenvalue weighted by Crippen LogP contribution is -2.49. The Hall–Kier alpha value is -0.610. The Kier molecular flexibility index (Phi) is 2.46. The molecular weight excluding hydrogens is 146 g/mol. The van der Waals surface area contributed by atoms with Gasteiger partial charge < -0.3 is 15.5 Å². The highest BCUT2D eigenvalue weighted by atomic mass is 16.4. The minimum Gasteiger partial charge on any atom is -0.481 e. The zero-order valence-electron chi connectivity index (χ0n) is 6.45. The van der Waals surface area contributed by atoms with Crippen LogP contribution in [0, 0.1) is 11.8 Å². The molecule has 0 aliphatic carbocycles. The lowest BCUT2D eigenvalue weighted by molar-refractivity contribution is -0.148. The van der Waals surface area contributed by atoms with Gasteiger partial charge in [-0.2, -0.15) is 0 Å². The summed E-state index contributed by atoms with van der Waals surface area (Å²) in [4.78, 5) is 10.5. The van der Waals surface area contributed by atoms with Gasteiger partial charge >= 0.3 is 5.97 Å². The molecule has 0 amide bonds. The number of carboxylic acids is 1. The number of nitrogens with one attached hydrogen (secondary N) is 1. The Morgan fingerprint density at radius 2 is 2.18 bits per heavy atom. The van der Waals surface area contributed by atoms with Crippen LogP contribution in [0.1, 0.15) is 6.92 Å². The van der Waals surface area contributed by atoms with Crippen LogP contribution in [0.3, 0.4) is 0 Å². The Balaban J connectivity index is 2.58. The maximum Gasteiger partial charge on any atom is 0.310 e. The number of aliphatic hydroxyl groups excluding tert-OH is 1. The van der Waals surface area contributed by atoms with E-state index in [0.29, 0.717) is 13.1 Å². The zero-order valence-corrected chi connectivity index (χ0v) is 6.45. The predicted octanol–water partition coefficient (Wildman–Crippen LogP) is -0.713. The largest absolute Gasteiger partial charge is 0.481 e. The van der Waals surface area contributed by atoms with Crippen molar-refractivity contribution in [2.75, 3.05) is 13.1 Å². The van der Waals surface area contributed by atoms with Crippen molar-refractivity contribution < 1.29 is 15.0 Å². The number of carboxylic acid groups (broad SMARTS) is 1. The van der Waals surface area contributed by atoms with Crippen molar-refractivity contribution in [3.05, 3.63) is 0 Å². The van der Waals surface area contributed by atoms with Crippen molar-refractivity contribution in [1.82, 2.24) is 5.32 Å². The van der Waals surface area contributed by atoms with E-state index in [-0.39, 0.29) is 5.92 Å². The Morgan fingerprint density at radius 3 is 2.64 bits per heavy atom. The molecule has 0 radical (unpaired) electrons. The first-order valence-corrected chi connectivity index (χ1v) is 3.74. The molecule has 1 fully saturated rings. The first-order chi connectivity index (χ1) is 5.13. The fourth-order valence-electron chi connectivity index (χ4n) is 1.34. The number of piperidine rings is 1. The summed E-state index contributed by atoms with van der Waals surface area (Å²) in [6, 6.07) is 0. The van der Waals surface area contributed by atoms with Crippen LogP contribution in [0.25, 0.3) is 0 Å².